The van der Waals surface area contributed by atoms with Gasteiger partial charge in [0, 0.05) is 32.1 Å². The Bertz CT molecular complexity index is 963. The summed E-state index contributed by atoms with van der Waals surface area (Å²) in [6, 6.07) is 19.6. The molecule has 1 amide bonds. The van der Waals surface area contributed by atoms with Crippen molar-refractivity contribution in [2.75, 3.05) is 31.9 Å². The van der Waals surface area contributed by atoms with Gasteiger partial charge in [-0.15, -0.1) is 0 Å². The molecule has 6 heteroatoms. The van der Waals surface area contributed by atoms with E-state index in [0.717, 1.165) is 25.9 Å². The number of likely N-dealkylation sites (tertiary alicyclic amines) is 2. The Labute approximate surface area is 186 Å². The van der Waals surface area contributed by atoms with Gasteiger partial charge in [-0.05, 0) is 55.8 Å². The molecule has 0 aromatic heterocycles. The molecule has 4 rings (SSSR count). The van der Waals surface area contributed by atoms with E-state index in [1.807, 2.05) is 0 Å². The monoisotopic (exact) mass is 440 g/mol. The molecule has 31 heavy (non-hydrogen) atoms. The fourth-order valence-corrected chi connectivity index (χ4v) is 6.20. The Morgan fingerprint density at radius 2 is 1.58 bits per heavy atom. The number of nitrogens with zero attached hydrogens (tertiary/aromatic N) is 2. The van der Waals surface area contributed by atoms with Crippen LogP contribution in [0.4, 0.5) is 0 Å². The molecule has 0 spiro atoms. The van der Waals surface area contributed by atoms with Gasteiger partial charge in [-0.2, -0.15) is 0 Å². The van der Waals surface area contributed by atoms with Gasteiger partial charge in [-0.1, -0.05) is 48.5 Å². The summed E-state index contributed by atoms with van der Waals surface area (Å²) in [5, 5.41) is 0. The second kappa shape index (κ2) is 9.96. The normalized spacial score (nSPS) is 23.5. The van der Waals surface area contributed by atoms with Gasteiger partial charge < -0.3 is 4.90 Å². The highest BCUT2D eigenvalue weighted by Crippen LogP contribution is 2.30. The standard InChI is InChI=1S/C25H32N2O3S/c28-25-14-13-23(27-16-7-10-22(20-27)21-8-3-1-4-9-21)15-17-26(25)18-19-31(29,30)24-11-5-2-6-12-24/h1-6,8-9,11-12,22-23H,7,10,13-20H2. The molecule has 166 valence electrons. The number of sulfone groups is 1. The number of carbonyl (C=O) groups excluding carboxylic acids is 1. The fourth-order valence-electron chi connectivity index (χ4n) is 4.94. The average molecular weight is 441 g/mol. The molecule has 0 saturated carbocycles. The van der Waals surface area contributed by atoms with E-state index in [1.165, 1.54) is 18.4 Å². The molecule has 2 atom stereocenters. The number of benzene rings is 2. The van der Waals surface area contributed by atoms with Gasteiger partial charge in [0.2, 0.25) is 5.91 Å². The summed E-state index contributed by atoms with van der Waals surface area (Å²) in [6.45, 7) is 3.05. The van der Waals surface area contributed by atoms with Crippen molar-refractivity contribution in [2.45, 2.75) is 49.0 Å². The summed E-state index contributed by atoms with van der Waals surface area (Å²) < 4.78 is 25.2. The lowest BCUT2D eigenvalue weighted by molar-refractivity contribution is -0.130. The Kier molecular flexibility index (Phi) is 7.08. The lowest BCUT2D eigenvalue weighted by Gasteiger charge is -2.38. The molecule has 0 N–H and O–H groups in total. The summed E-state index contributed by atoms with van der Waals surface area (Å²) in [5.41, 5.74) is 1.41. The second-order valence-electron chi connectivity index (χ2n) is 8.74. The van der Waals surface area contributed by atoms with E-state index in [0.29, 0.717) is 29.8 Å². The third-order valence-corrected chi connectivity index (χ3v) is 8.46. The summed E-state index contributed by atoms with van der Waals surface area (Å²) in [6.07, 6.45) is 4.68. The number of hydrogen-bond donors (Lipinski definition) is 0. The first-order valence-electron chi connectivity index (χ1n) is 11.4. The van der Waals surface area contributed by atoms with Gasteiger partial charge in [-0.25, -0.2) is 8.42 Å². The Morgan fingerprint density at radius 3 is 2.32 bits per heavy atom. The first-order chi connectivity index (χ1) is 15.0. The minimum atomic E-state index is -3.37. The van der Waals surface area contributed by atoms with Gasteiger partial charge >= 0.3 is 0 Å². The van der Waals surface area contributed by atoms with Crippen LogP contribution in [0.15, 0.2) is 65.6 Å². The van der Waals surface area contributed by atoms with Crippen LogP contribution in [0.1, 0.15) is 43.6 Å². The van der Waals surface area contributed by atoms with Gasteiger partial charge in [0.15, 0.2) is 9.84 Å². The number of hydrogen-bond acceptors (Lipinski definition) is 4. The predicted octanol–water partition coefficient (Wildman–Crippen LogP) is 3.72. The Balaban J connectivity index is 1.34. The van der Waals surface area contributed by atoms with Gasteiger partial charge in [0.25, 0.3) is 0 Å². The zero-order chi connectivity index (χ0) is 21.7. The summed E-state index contributed by atoms with van der Waals surface area (Å²) >= 11 is 0. The van der Waals surface area contributed by atoms with Gasteiger partial charge in [0.05, 0.1) is 10.6 Å². The first kappa shape index (κ1) is 22.0. The van der Waals surface area contributed by atoms with E-state index in [1.54, 1.807) is 35.2 Å². The largest absolute Gasteiger partial charge is 0.342 e. The Hall–Kier alpha value is -2.18. The molecule has 2 heterocycles. The van der Waals surface area contributed by atoms with Crippen molar-refractivity contribution < 1.29 is 13.2 Å². The quantitative estimate of drug-likeness (QED) is 0.687. The lowest BCUT2D eigenvalue weighted by atomic mass is 9.89. The zero-order valence-electron chi connectivity index (χ0n) is 18.0. The average Bonchev–Trinajstić information content (AvgIpc) is 3.00. The van der Waals surface area contributed by atoms with Crippen LogP contribution in [-0.2, 0) is 14.6 Å². The summed E-state index contributed by atoms with van der Waals surface area (Å²) in [4.78, 5) is 17.4. The maximum atomic E-state index is 12.7. The van der Waals surface area contributed by atoms with Crippen molar-refractivity contribution in [1.29, 1.82) is 0 Å². The van der Waals surface area contributed by atoms with Crippen LogP contribution in [-0.4, -0.2) is 62.1 Å². The highest BCUT2D eigenvalue weighted by molar-refractivity contribution is 7.91. The first-order valence-corrected chi connectivity index (χ1v) is 13.0. The maximum Gasteiger partial charge on any atom is 0.222 e. The second-order valence-corrected chi connectivity index (χ2v) is 10.8. The molecule has 2 aromatic rings. The zero-order valence-corrected chi connectivity index (χ0v) is 18.8. The highest BCUT2D eigenvalue weighted by atomic mass is 32.2. The number of piperidine rings is 1. The van der Waals surface area contributed by atoms with Crippen molar-refractivity contribution in [3.05, 3.63) is 66.2 Å². The van der Waals surface area contributed by atoms with Crippen LogP contribution in [0.2, 0.25) is 0 Å². The molecule has 2 saturated heterocycles. The molecule has 2 unspecified atom stereocenters. The van der Waals surface area contributed by atoms with Gasteiger partial charge in [-0.3, -0.25) is 9.69 Å². The SMILES string of the molecule is O=C1CCC(N2CCCC(c3ccccc3)C2)CCN1CCS(=O)(=O)c1ccccc1. The number of amides is 1. The van der Waals surface area contributed by atoms with Crippen LogP contribution in [0, 0.1) is 0 Å². The van der Waals surface area contributed by atoms with Crippen molar-refractivity contribution in [1.82, 2.24) is 9.80 Å². The van der Waals surface area contributed by atoms with Crippen LogP contribution < -0.4 is 0 Å². The van der Waals surface area contributed by atoms with Crippen LogP contribution in [0.25, 0.3) is 0 Å². The number of rotatable bonds is 6. The van der Waals surface area contributed by atoms with Crippen molar-refractivity contribution in [3.63, 3.8) is 0 Å². The molecule has 0 aliphatic carbocycles. The fraction of sp³-hybridized carbons (Fsp3) is 0.480. The highest BCUT2D eigenvalue weighted by Gasteiger charge is 2.30. The molecule has 2 aliphatic rings. The lowest BCUT2D eigenvalue weighted by Crippen LogP contribution is -2.42. The van der Waals surface area contributed by atoms with E-state index in [2.05, 4.69) is 35.2 Å². The van der Waals surface area contributed by atoms with Crippen molar-refractivity contribution in [3.8, 4) is 0 Å². The van der Waals surface area contributed by atoms with Crippen LogP contribution in [0.3, 0.4) is 0 Å². The topological polar surface area (TPSA) is 57.7 Å². The third-order valence-electron chi connectivity index (χ3n) is 6.75. The van der Waals surface area contributed by atoms with E-state index < -0.39 is 9.84 Å². The summed E-state index contributed by atoms with van der Waals surface area (Å²) in [7, 11) is -3.37. The van der Waals surface area contributed by atoms with E-state index in [9.17, 15) is 13.2 Å². The van der Waals surface area contributed by atoms with Gasteiger partial charge in [0.1, 0.15) is 0 Å². The molecule has 2 fully saturated rings. The number of carbonyl (C=O) groups is 1. The molecule has 5 nitrogen and oxygen atoms in total. The van der Waals surface area contributed by atoms with Crippen molar-refractivity contribution in [2.24, 2.45) is 0 Å². The maximum absolute atomic E-state index is 12.7. The molecule has 0 bridgehead atoms. The van der Waals surface area contributed by atoms with E-state index in [4.69, 9.17) is 0 Å². The smallest absolute Gasteiger partial charge is 0.222 e. The molecule has 2 aromatic carbocycles. The Morgan fingerprint density at radius 1 is 0.871 bits per heavy atom. The molecular weight excluding hydrogens is 408 g/mol. The molecule has 2 aliphatic heterocycles. The minimum absolute atomic E-state index is 0.0206. The van der Waals surface area contributed by atoms with Crippen LogP contribution in [0.5, 0.6) is 0 Å². The van der Waals surface area contributed by atoms with E-state index in [-0.39, 0.29) is 18.2 Å². The van der Waals surface area contributed by atoms with Crippen LogP contribution >= 0.6 is 0 Å². The summed E-state index contributed by atoms with van der Waals surface area (Å²) in [5.74, 6) is 0.621. The predicted molar refractivity (Wildman–Crippen MR) is 123 cm³/mol. The third kappa shape index (κ3) is 5.55. The molecule has 0 radical (unpaired) electrons. The van der Waals surface area contributed by atoms with Crippen molar-refractivity contribution >= 4 is 15.7 Å². The minimum Gasteiger partial charge on any atom is -0.342 e. The molecular formula is C25H32N2O3S. The van der Waals surface area contributed by atoms with E-state index >= 15 is 0 Å².